The van der Waals surface area contributed by atoms with Crippen LogP contribution in [0.5, 0.6) is 11.5 Å². The summed E-state index contributed by atoms with van der Waals surface area (Å²) in [6.07, 6.45) is 1.64. The van der Waals surface area contributed by atoms with Gasteiger partial charge < -0.3 is 19.2 Å². The molecule has 176 valence electrons. The summed E-state index contributed by atoms with van der Waals surface area (Å²) in [7, 11) is -1.09. The van der Waals surface area contributed by atoms with Crippen molar-refractivity contribution in [2.75, 3.05) is 24.3 Å². The van der Waals surface area contributed by atoms with Gasteiger partial charge in [-0.15, -0.1) is 0 Å². The number of hydrogen-bond acceptors (Lipinski definition) is 6. The molecule has 0 saturated heterocycles. The van der Waals surface area contributed by atoms with E-state index in [1.807, 2.05) is 25.1 Å². The first-order valence-electron chi connectivity index (χ1n) is 10.4. The lowest BCUT2D eigenvalue weighted by molar-refractivity contribution is -0.115. The minimum Gasteiger partial charge on any atom is -0.497 e. The average molecular weight is 481 g/mol. The van der Waals surface area contributed by atoms with Crippen molar-refractivity contribution in [3.63, 3.8) is 0 Å². The van der Waals surface area contributed by atoms with E-state index in [9.17, 15) is 13.2 Å². The second-order valence-corrected chi connectivity index (χ2v) is 9.34. The van der Waals surface area contributed by atoms with Crippen LogP contribution in [-0.4, -0.2) is 28.5 Å². The number of nitrogens with one attached hydrogen (secondary N) is 2. The quantitative estimate of drug-likeness (QED) is 0.377. The Morgan fingerprint density at radius 1 is 0.941 bits per heavy atom. The summed E-state index contributed by atoms with van der Waals surface area (Å²) in [6.45, 7) is 1.97. The number of amides is 1. The number of benzene rings is 3. The highest BCUT2D eigenvalue weighted by Crippen LogP contribution is 2.30. The molecule has 1 aromatic heterocycles. The zero-order chi connectivity index (χ0) is 24.3. The normalized spacial score (nSPS) is 11.3. The molecular weight excluding hydrogens is 456 g/mol. The Morgan fingerprint density at radius 3 is 2.38 bits per heavy atom. The molecule has 1 amide bonds. The van der Waals surface area contributed by atoms with Gasteiger partial charge in [0.1, 0.15) is 22.0 Å². The second kappa shape index (κ2) is 9.48. The lowest BCUT2D eigenvalue weighted by atomic mass is 10.1. The van der Waals surface area contributed by atoms with Gasteiger partial charge in [-0.2, -0.15) is 0 Å². The predicted octanol–water partition coefficient (Wildman–Crippen LogP) is 4.74. The van der Waals surface area contributed by atoms with Gasteiger partial charge in [-0.1, -0.05) is 12.1 Å². The van der Waals surface area contributed by atoms with Crippen LogP contribution in [0.25, 0.3) is 11.0 Å². The molecule has 0 fully saturated rings. The van der Waals surface area contributed by atoms with Crippen molar-refractivity contribution in [3.8, 4) is 11.5 Å². The maximum atomic E-state index is 13.1. The lowest BCUT2D eigenvalue weighted by Crippen LogP contribution is -2.17. The second-order valence-electron chi connectivity index (χ2n) is 7.69. The van der Waals surface area contributed by atoms with E-state index >= 15 is 0 Å². The molecule has 0 aliphatic rings. The molecule has 0 aliphatic carbocycles. The van der Waals surface area contributed by atoms with Gasteiger partial charge in [-0.05, 0) is 61.0 Å². The van der Waals surface area contributed by atoms with Gasteiger partial charge in [0.05, 0.1) is 26.9 Å². The summed E-state index contributed by atoms with van der Waals surface area (Å²) in [4.78, 5) is 12.6. The minimum atomic E-state index is -4.00. The summed E-state index contributed by atoms with van der Waals surface area (Å²) in [5, 5.41) is 3.62. The van der Waals surface area contributed by atoms with E-state index < -0.39 is 10.0 Å². The van der Waals surface area contributed by atoms with E-state index in [1.165, 1.54) is 26.4 Å². The molecule has 4 aromatic rings. The van der Waals surface area contributed by atoms with Crippen LogP contribution in [0.2, 0.25) is 0 Å². The highest BCUT2D eigenvalue weighted by atomic mass is 32.2. The Labute approximate surface area is 197 Å². The van der Waals surface area contributed by atoms with Gasteiger partial charge in [0.15, 0.2) is 0 Å². The van der Waals surface area contributed by atoms with Crippen molar-refractivity contribution in [1.29, 1.82) is 0 Å². The summed E-state index contributed by atoms with van der Waals surface area (Å²) < 4.78 is 44.5. The zero-order valence-electron chi connectivity index (χ0n) is 18.9. The molecule has 0 saturated carbocycles. The van der Waals surface area contributed by atoms with Crippen LogP contribution in [-0.2, 0) is 21.2 Å². The number of anilines is 2. The first-order valence-corrected chi connectivity index (χ1v) is 11.9. The minimum absolute atomic E-state index is 0.0777. The van der Waals surface area contributed by atoms with Crippen molar-refractivity contribution in [3.05, 3.63) is 78.1 Å². The number of carbonyl (C=O) groups excluding carboxylic acids is 1. The summed E-state index contributed by atoms with van der Waals surface area (Å²) in [6, 6.07) is 16.7. The highest BCUT2D eigenvalue weighted by Gasteiger charge is 2.21. The average Bonchev–Trinajstić information content (AvgIpc) is 3.20. The van der Waals surface area contributed by atoms with Crippen LogP contribution in [0, 0.1) is 6.92 Å². The van der Waals surface area contributed by atoms with Crippen molar-refractivity contribution in [2.24, 2.45) is 0 Å². The van der Waals surface area contributed by atoms with Gasteiger partial charge in [0.2, 0.25) is 5.91 Å². The first-order chi connectivity index (χ1) is 16.3. The van der Waals surface area contributed by atoms with Gasteiger partial charge in [-0.3, -0.25) is 9.52 Å². The van der Waals surface area contributed by atoms with E-state index in [2.05, 4.69) is 10.0 Å². The largest absolute Gasteiger partial charge is 0.497 e. The smallest absolute Gasteiger partial charge is 0.265 e. The van der Waals surface area contributed by atoms with E-state index in [0.717, 1.165) is 16.5 Å². The summed E-state index contributed by atoms with van der Waals surface area (Å²) >= 11 is 0. The number of rotatable bonds is 8. The Morgan fingerprint density at radius 2 is 1.68 bits per heavy atom. The van der Waals surface area contributed by atoms with Crippen molar-refractivity contribution in [1.82, 2.24) is 0 Å². The third kappa shape index (κ3) is 4.99. The Balaban J connectivity index is 1.54. The third-order valence-corrected chi connectivity index (χ3v) is 6.64. The number of sulfonamides is 1. The van der Waals surface area contributed by atoms with E-state index in [0.29, 0.717) is 22.7 Å². The van der Waals surface area contributed by atoms with E-state index in [-0.39, 0.29) is 23.0 Å². The zero-order valence-corrected chi connectivity index (χ0v) is 19.7. The monoisotopic (exact) mass is 480 g/mol. The molecule has 1 heterocycles. The molecule has 9 heteroatoms. The van der Waals surface area contributed by atoms with Crippen LogP contribution in [0.4, 0.5) is 11.4 Å². The Hall–Kier alpha value is -3.98. The number of furan rings is 1. The maximum Gasteiger partial charge on any atom is 0.265 e. The maximum absolute atomic E-state index is 13.1. The number of hydrogen-bond donors (Lipinski definition) is 2. The van der Waals surface area contributed by atoms with Crippen molar-refractivity contribution < 1.29 is 27.1 Å². The topological polar surface area (TPSA) is 107 Å². The number of ether oxygens (including phenoxy) is 2. The molecule has 0 radical (unpaired) electrons. The fourth-order valence-corrected chi connectivity index (χ4v) is 4.79. The predicted molar refractivity (Wildman–Crippen MR) is 130 cm³/mol. The molecule has 4 rings (SSSR count). The van der Waals surface area contributed by atoms with Gasteiger partial charge in [0.25, 0.3) is 10.0 Å². The molecule has 3 aromatic carbocycles. The fraction of sp³-hybridized carbons (Fsp3) is 0.160. The van der Waals surface area contributed by atoms with Gasteiger partial charge >= 0.3 is 0 Å². The van der Waals surface area contributed by atoms with Gasteiger partial charge in [0, 0.05) is 22.3 Å². The molecule has 0 unspecified atom stereocenters. The third-order valence-electron chi connectivity index (χ3n) is 5.24. The Kier molecular flexibility index (Phi) is 6.47. The molecule has 2 N–H and O–H groups in total. The highest BCUT2D eigenvalue weighted by molar-refractivity contribution is 7.92. The molecule has 0 bridgehead atoms. The lowest BCUT2D eigenvalue weighted by Gasteiger charge is -2.14. The van der Waals surface area contributed by atoms with Crippen LogP contribution >= 0.6 is 0 Å². The molecule has 0 aliphatic heterocycles. The van der Waals surface area contributed by atoms with Crippen molar-refractivity contribution >= 4 is 38.3 Å². The number of methoxy groups -OCH3 is 2. The van der Waals surface area contributed by atoms with Crippen LogP contribution < -0.4 is 19.5 Å². The number of fused-ring (bicyclic) bond motifs is 1. The molecule has 0 spiro atoms. The SMILES string of the molecule is COc1ccc(NS(=O)(=O)c2cc(NC(=O)Cc3coc4cc(C)ccc34)ccc2OC)cc1. The van der Waals surface area contributed by atoms with Gasteiger partial charge in [-0.25, -0.2) is 8.42 Å². The van der Waals surface area contributed by atoms with E-state index in [4.69, 9.17) is 13.9 Å². The molecule has 0 atom stereocenters. The van der Waals surface area contributed by atoms with Crippen LogP contribution in [0.1, 0.15) is 11.1 Å². The fourth-order valence-electron chi connectivity index (χ4n) is 3.54. The molecular formula is C25H24N2O6S. The summed E-state index contributed by atoms with van der Waals surface area (Å²) in [5.41, 5.74) is 3.21. The number of aryl methyl sites for hydroxylation is 1. The van der Waals surface area contributed by atoms with Crippen molar-refractivity contribution in [2.45, 2.75) is 18.2 Å². The molecule has 34 heavy (non-hydrogen) atoms. The van der Waals surface area contributed by atoms with E-state index in [1.54, 1.807) is 36.6 Å². The number of carbonyl (C=O) groups is 1. The standard InChI is InChI=1S/C25H24N2O6S/c1-16-4-10-21-17(15-33-23(21)12-16)13-25(28)26-19-7-11-22(32-3)24(14-19)34(29,30)27-18-5-8-20(31-2)9-6-18/h4-12,14-15,27H,13H2,1-3H3,(H,26,28). The first kappa shape index (κ1) is 23.2. The summed E-state index contributed by atoms with van der Waals surface area (Å²) in [5.74, 6) is 0.445. The Bertz CT molecular complexity index is 1440. The molecule has 8 nitrogen and oxygen atoms in total. The van der Waals surface area contributed by atoms with Crippen LogP contribution in [0.15, 0.2) is 76.2 Å². The van der Waals surface area contributed by atoms with Crippen LogP contribution in [0.3, 0.4) is 0 Å².